The van der Waals surface area contributed by atoms with Crippen LogP contribution in [0.2, 0.25) is 0 Å². The van der Waals surface area contributed by atoms with Crippen LogP contribution < -0.4 is 5.32 Å². The van der Waals surface area contributed by atoms with E-state index in [-0.39, 0.29) is 5.91 Å². The van der Waals surface area contributed by atoms with Crippen LogP contribution in [-0.4, -0.2) is 12.5 Å². The number of aryl methyl sites for hydroxylation is 1. The van der Waals surface area contributed by atoms with E-state index in [0.717, 1.165) is 19.3 Å². The first kappa shape index (κ1) is 12.5. The second-order valence-corrected chi connectivity index (χ2v) is 3.80. The van der Waals surface area contributed by atoms with Crippen molar-refractivity contribution in [1.82, 2.24) is 5.32 Å². The lowest BCUT2D eigenvalue weighted by molar-refractivity contribution is -0.117. The van der Waals surface area contributed by atoms with Crippen LogP contribution in [0.25, 0.3) is 0 Å². The molecule has 0 heterocycles. The topological polar surface area (TPSA) is 29.1 Å². The van der Waals surface area contributed by atoms with Gasteiger partial charge in [-0.25, -0.2) is 0 Å². The lowest BCUT2D eigenvalue weighted by atomic mass is 10.0. The Labute approximate surface area is 97.4 Å². The Morgan fingerprint density at radius 1 is 1.31 bits per heavy atom. The predicted molar refractivity (Wildman–Crippen MR) is 67.2 cm³/mol. The van der Waals surface area contributed by atoms with Gasteiger partial charge >= 0.3 is 0 Å². The van der Waals surface area contributed by atoms with Crippen LogP contribution in [0.3, 0.4) is 0 Å². The maximum Gasteiger partial charge on any atom is 0.246 e. The fourth-order valence-corrected chi connectivity index (χ4v) is 1.55. The smallest absolute Gasteiger partial charge is 0.246 e. The maximum absolute atomic E-state index is 11.4. The van der Waals surface area contributed by atoms with Crippen molar-refractivity contribution in [2.45, 2.75) is 26.2 Å². The Balaban J connectivity index is 2.26. The summed E-state index contributed by atoms with van der Waals surface area (Å²) < 4.78 is 0. The molecule has 0 bridgehead atoms. The van der Waals surface area contributed by atoms with E-state index >= 15 is 0 Å². The highest BCUT2D eigenvalue weighted by Crippen LogP contribution is 2.08. The van der Waals surface area contributed by atoms with E-state index in [1.54, 1.807) is 0 Å². The van der Waals surface area contributed by atoms with Crippen LogP contribution in [0, 0.1) is 0 Å². The van der Waals surface area contributed by atoms with Gasteiger partial charge in [-0.1, -0.05) is 36.9 Å². The van der Waals surface area contributed by atoms with Gasteiger partial charge in [-0.05, 0) is 31.7 Å². The predicted octanol–water partition coefficient (Wildman–Crippen LogP) is 2.70. The number of nitrogens with one attached hydrogen (secondary N) is 1. The van der Waals surface area contributed by atoms with E-state index in [2.05, 4.69) is 24.0 Å². The molecule has 0 saturated carbocycles. The quantitative estimate of drug-likeness (QED) is 0.729. The Morgan fingerprint density at radius 3 is 2.62 bits per heavy atom. The Kier molecular flexibility index (Phi) is 5.34. The number of carbonyl (C=O) groups excluding carboxylic acids is 1. The third-order valence-corrected chi connectivity index (χ3v) is 2.45. The van der Waals surface area contributed by atoms with Crippen LogP contribution in [0.15, 0.2) is 42.5 Å². The summed E-state index contributed by atoms with van der Waals surface area (Å²) in [6.45, 7) is 6.37. The van der Waals surface area contributed by atoms with Gasteiger partial charge in [0.25, 0.3) is 0 Å². The summed E-state index contributed by atoms with van der Waals surface area (Å²) in [5.41, 5.74) is 1.99. The Morgan fingerprint density at radius 2 is 2.00 bits per heavy atom. The first-order chi connectivity index (χ1) is 7.74. The molecule has 0 aliphatic rings. The first-order valence-corrected chi connectivity index (χ1v) is 5.74. The van der Waals surface area contributed by atoms with Crippen molar-refractivity contribution in [3.05, 3.63) is 48.0 Å². The molecule has 1 N–H and O–H groups in total. The number of benzene rings is 1. The molecule has 16 heavy (non-hydrogen) atoms. The molecular formula is C14H19NO. The van der Waals surface area contributed by atoms with Gasteiger partial charge in [-0.15, -0.1) is 0 Å². The summed E-state index contributed by atoms with van der Waals surface area (Å²) in [6.07, 6.45) is 2.74. The fourth-order valence-electron chi connectivity index (χ4n) is 1.55. The lowest BCUT2D eigenvalue weighted by Crippen LogP contribution is -2.23. The van der Waals surface area contributed by atoms with Gasteiger partial charge in [0.2, 0.25) is 5.91 Å². The molecule has 2 nitrogen and oxygen atoms in total. The molecule has 0 unspecified atom stereocenters. The van der Waals surface area contributed by atoms with Crippen LogP contribution in [0.1, 0.15) is 25.3 Å². The molecule has 1 aromatic carbocycles. The van der Waals surface area contributed by atoms with Crippen molar-refractivity contribution < 1.29 is 4.79 Å². The highest BCUT2D eigenvalue weighted by Gasteiger charge is 2.04. The third-order valence-electron chi connectivity index (χ3n) is 2.45. The number of hydrogen-bond acceptors (Lipinski definition) is 1. The number of hydrogen-bond donors (Lipinski definition) is 1. The lowest BCUT2D eigenvalue weighted by Gasteiger charge is -2.05. The highest BCUT2D eigenvalue weighted by atomic mass is 16.1. The van der Waals surface area contributed by atoms with Crippen molar-refractivity contribution in [3.8, 4) is 0 Å². The van der Waals surface area contributed by atoms with Crippen molar-refractivity contribution in [2.24, 2.45) is 0 Å². The molecule has 0 aromatic heterocycles. The molecule has 0 atom stereocenters. The molecule has 1 rings (SSSR count). The standard InChI is InChI=1S/C14H19NO/c1-3-15-14(16)12(2)8-7-11-13-9-5-4-6-10-13/h4-6,9-10H,2-3,7-8,11H2,1H3,(H,15,16). The second kappa shape index (κ2) is 6.83. The molecule has 0 aliphatic carbocycles. The Bertz CT molecular complexity index is 343. The SMILES string of the molecule is C=C(CCCc1ccccc1)C(=O)NCC. The summed E-state index contributed by atoms with van der Waals surface area (Å²) in [7, 11) is 0. The average Bonchev–Trinajstić information content (AvgIpc) is 2.30. The van der Waals surface area contributed by atoms with Crippen molar-refractivity contribution in [3.63, 3.8) is 0 Å². The molecule has 0 aliphatic heterocycles. The van der Waals surface area contributed by atoms with Gasteiger partial charge in [0, 0.05) is 12.1 Å². The zero-order valence-corrected chi connectivity index (χ0v) is 9.83. The first-order valence-electron chi connectivity index (χ1n) is 5.74. The summed E-state index contributed by atoms with van der Waals surface area (Å²) in [5.74, 6) is -0.0180. The largest absolute Gasteiger partial charge is 0.353 e. The molecule has 2 heteroatoms. The molecule has 0 spiro atoms. The van der Waals surface area contributed by atoms with Crippen molar-refractivity contribution >= 4 is 5.91 Å². The number of carbonyl (C=O) groups is 1. The summed E-state index contributed by atoms with van der Waals surface area (Å²) >= 11 is 0. The van der Waals surface area contributed by atoms with E-state index in [1.165, 1.54) is 5.56 Å². The van der Waals surface area contributed by atoms with E-state index in [4.69, 9.17) is 0 Å². The van der Waals surface area contributed by atoms with Gasteiger partial charge in [0.05, 0.1) is 0 Å². The zero-order valence-electron chi connectivity index (χ0n) is 9.83. The fraction of sp³-hybridized carbons (Fsp3) is 0.357. The maximum atomic E-state index is 11.4. The summed E-state index contributed by atoms with van der Waals surface area (Å²) in [4.78, 5) is 11.4. The normalized spacial score (nSPS) is 9.81. The average molecular weight is 217 g/mol. The summed E-state index contributed by atoms with van der Waals surface area (Å²) in [5, 5.41) is 2.76. The molecule has 86 valence electrons. The van der Waals surface area contributed by atoms with E-state index in [1.807, 2.05) is 25.1 Å². The molecule has 0 fully saturated rings. The van der Waals surface area contributed by atoms with Crippen molar-refractivity contribution in [1.29, 1.82) is 0 Å². The van der Waals surface area contributed by atoms with E-state index in [0.29, 0.717) is 12.1 Å². The highest BCUT2D eigenvalue weighted by molar-refractivity contribution is 5.92. The zero-order chi connectivity index (χ0) is 11.8. The van der Waals surface area contributed by atoms with E-state index < -0.39 is 0 Å². The Hall–Kier alpha value is -1.57. The van der Waals surface area contributed by atoms with Crippen LogP contribution in [0.5, 0.6) is 0 Å². The van der Waals surface area contributed by atoms with Gasteiger partial charge < -0.3 is 5.32 Å². The van der Waals surface area contributed by atoms with Crippen LogP contribution >= 0.6 is 0 Å². The third kappa shape index (κ3) is 4.30. The number of rotatable bonds is 6. The number of amides is 1. The summed E-state index contributed by atoms with van der Waals surface area (Å²) in [6, 6.07) is 10.3. The molecule has 0 radical (unpaired) electrons. The molecule has 1 amide bonds. The van der Waals surface area contributed by atoms with Gasteiger partial charge in [-0.2, -0.15) is 0 Å². The minimum absolute atomic E-state index is 0.0180. The molecular weight excluding hydrogens is 198 g/mol. The van der Waals surface area contributed by atoms with Crippen LogP contribution in [-0.2, 0) is 11.2 Å². The van der Waals surface area contributed by atoms with E-state index in [9.17, 15) is 4.79 Å². The van der Waals surface area contributed by atoms with Gasteiger partial charge in [0.1, 0.15) is 0 Å². The number of likely N-dealkylation sites (N-methyl/N-ethyl adjacent to an activating group) is 1. The van der Waals surface area contributed by atoms with Gasteiger partial charge in [-0.3, -0.25) is 4.79 Å². The van der Waals surface area contributed by atoms with Crippen LogP contribution in [0.4, 0.5) is 0 Å². The van der Waals surface area contributed by atoms with Gasteiger partial charge in [0.15, 0.2) is 0 Å². The minimum atomic E-state index is -0.0180. The monoisotopic (exact) mass is 217 g/mol. The van der Waals surface area contributed by atoms with Crippen molar-refractivity contribution in [2.75, 3.05) is 6.54 Å². The minimum Gasteiger partial charge on any atom is -0.353 e. The molecule has 1 aromatic rings. The second-order valence-electron chi connectivity index (χ2n) is 3.80. The molecule has 0 saturated heterocycles.